The molecule has 142 valence electrons. The molecule has 9 heteroatoms. The third kappa shape index (κ3) is 4.28. The summed E-state index contributed by atoms with van der Waals surface area (Å²) in [6.07, 6.45) is 5.27. The SMILES string of the molecule is CN(CCO)Cc1nnc(C2CCN(C(=O)Cn3cccn3)CC2)n1C. The summed E-state index contributed by atoms with van der Waals surface area (Å²) >= 11 is 0. The maximum atomic E-state index is 12.4. The number of likely N-dealkylation sites (N-methyl/N-ethyl adjacent to an activating group) is 1. The third-order valence-corrected chi connectivity index (χ3v) is 4.96. The van der Waals surface area contributed by atoms with Crippen LogP contribution in [0, 0.1) is 0 Å². The average Bonchev–Trinajstić information content (AvgIpc) is 3.26. The molecule has 0 radical (unpaired) electrons. The molecule has 9 nitrogen and oxygen atoms in total. The Morgan fingerprint density at radius 2 is 2.12 bits per heavy atom. The van der Waals surface area contributed by atoms with Crippen molar-refractivity contribution in [3.8, 4) is 0 Å². The van der Waals surface area contributed by atoms with Crippen LogP contribution >= 0.6 is 0 Å². The second kappa shape index (κ2) is 8.41. The first kappa shape index (κ1) is 18.5. The van der Waals surface area contributed by atoms with Crippen molar-refractivity contribution in [1.82, 2.24) is 34.3 Å². The van der Waals surface area contributed by atoms with Gasteiger partial charge in [0.05, 0.1) is 13.2 Å². The summed E-state index contributed by atoms with van der Waals surface area (Å²) in [7, 11) is 3.95. The highest BCUT2D eigenvalue weighted by Gasteiger charge is 2.27. The van der Waals surface area contributed by atoms with Crippen LogP contribution in [0.2, 0.25) is 0 Å². The number of aliphatic hydroxyl groups is 1. The van der Waals surface area contributed by atoms with Crippen molar-refractivity contribution >= 4 is 5.91 Å². The number of carbonyl (C=O) groups is 1. The fourth-order valence-electron chi connectivity index (χ4n) is 3.38. The number of piperidine rings is 1. The maximum Gasteiger partial charge on any atom is 0.244 e. The predicted molar refractivity (Wildman–Crippen MR) is 95.2 cm³/mol. The standard InChI is InChI=1S/C17H27N7O2/c1-21(10-11-25)12-15-19-20-17(22(15)2)14-4-8-23(9-5-14)16(26)13-24-7-3-6-18-24/h3,6-7,14,25H,4-5,8-13H2,1-2H3. The number of likely N-dealkylation sites (tertiary alicyclic amines) is 1. The van der Waals surface area contributed by atoms with Crippen LogP contribution < -0.4 is 0 Å². The molecule has 1 aliphatic rings. The van der Waals surface area contributed by atoms with Gasteiger partial charge in [0.25, 0.3) is 0 Å². The van der Waals surface area contributed by atoms with E-state index in [1.807, 2.05) is 30.0 Å². The zero-order valence-electron chi connectivity index (χ0n) is 15.5. The summed E-state index contributed by atoms with van der Waals surface area (Å²) in [5, 5.41) is 21.8. The highest BCUT2D eigenvalue weighted by atomic mass is 16.3. The zero-order valence-corrected chi connectivity index (χ0v) is 15.5. The molecular formula is C17H27N7O2. The molecule has 0 aromatic carbocycles. The van der Waals surface area contributed by atoms with Gasteiger partial charge in [0.15, 0.2) is 0 Å². The number of aromatic nitrogens is 5. The molecule has 2 aromatic heterocycles. The van der Waals surface area contributed by atoms with E-state index in [9.17, 15) is 4.79 Å². The number of carbonyl (C=O) groups excluding carboxylic acids is 1. The van der Waals surface area contributed by atoms with Crippen LogP contribution in [0.25, 0.3) is 0 Å². The number of rotatable bonds is 7. The minimum Gasteiger partial charge on any atom is -0.395 e. The van der Waals surface area contributed by atoms with E-state index >= 15 is 0 Å². The minimum atomic E-state index is 0.108. The van der Waals surface area contributed by atoms with Crippen molar-refractivity contribution in [1.29, 1.82) is 0 Å². The van der Waals surface area contributed by atoms with E-state index < -0.39 is 0 Å². The molecule has 0 saturated carbocycles. The van der Waals surface area contributed by atoms with E-state index in [4.69, 9.17) is 5.11 Å². The molecule has 1 amide bonds. The quantitative estimate of drug-likeness (QED) is 0.737. The molecule has 0 aliphatic carbocycles. The van der Waals surface area contributed by atoms with Crippen molar-refractivity contribution in [2.24, 2.45) is 7.05 Å². The van der Waals surface area contributed by atoms with Crippen LogP contribution in [0.1, 0.15) is 30.4 Å². The predicted octanol–water partition coefficient (Wildman–Crippen LogP) is -0.158. The second-order valence-corrected chi connectivity index (χ2v) is 6.85. The first-order valence-corrected chi connectivity index (χ1v) is 9.01. The van der Waals surface area contributed by atoms with Gasteiger partial charge in [-0.1, -0.05) is 0 Å². The number of amides is 1. The lowest BCUT2D eigenvalue weighted by Crippen LogP contribution is -2.40. The van der Waals surface area contributed by atoms with E-state index in [0.717, 1.165) is 37.6 Å². The number of nitrogens with zero attached hydrogens (tertiary/aromatic N) is 7. The van der Waals surface area contributed by atoms with Crippen LogP contribution in [0.5, 0.6) is 0 Å². The molecule has 3 heterocycles. The fraction of sp³-hybridized carbons (Fsp3) is 0.647. The van der Waals surface area contributed by atoms with E-state index in [0.29, 0.717) is 25.6 Å². The number of aliphatic hydroxyl groups excluding tert-OH is 1. The molecule has 0 unspecified atom stereocenters. The van der Waals surface area contributed by atoms with Crippen LogP contribution in [-0.2, 0) is 24.9 Å². The summed E-state index contributed by atoms with van der Waals surface area (Å²) < 4.78 is 3.71. The number of hydrogen-bond acceptors (Lipinski definition) is 6. The van der Waals surface area contributed by atoms with E-state index in [1.165, 1.54) is 0 Å². The van der Waals surface area contributed by atoms with Crippen LogP contribution in [0.15, 0.2) is 18.5 Å². The lowest BCUT2D eigenvalue weighted by Gasteiger charge is -2.31. The zero-order chi connectivity index (χ0) is 18.5. The molecule has 1 aliphatic heterocycles. The molecular weight excluding hydrogens is 334 g/mol. The Morgan fingerprint density at radius 1 is 1.35 bits per heavy atom. The maximum absolute atomic E-state index is 12.4. The molecule has 26 heavy (non-hydrogen) atoms. The molecule has 1 saturated heterocycles. The largest absolute Gasteiger partial charge is 0.395 e. The van der Waals surface area contributed by atoms with E-state index in [2.05, 4.69) is 19.9 Å². The summed E-state index contributed by atoms with van der Waals surface area (Å²) in [5.41, 5.74) is 0. The normalized spacial score (nSPS) is 15.8. The summed E-state index contributed by atoms with van der Waals surface area (Å²) in [5.74, 6) is 2.30. The molecule has 2 aromatic rings. The van der Waals surface area contributed by atoms with Gasteiger partial charge in [-0.3, -0.25) is 14.4 Å². The Hall–Kier alpha value is -2.26. The fourth-order valence-corrected chi connectivity index (χ4v) is 3.38. The van der Waals surface area contributed by atoms with Gasteiger partial charge in [-0.15, -0.1) is 10.2 Å². The smallest absolute Gasteiger partial charge is 0.244 e. The van der Waals surface area contributed by atoms with Gasteiger partial charge >= 0.3 is 0 Å². The monoisotopic (exact) mass is 361 g/mol. The molecule has 0 bridgehead atoms. The van der Waals surface area contributed by atoms with Crippen molar-refractivity contribution in [3.63, 3.8) is 0 Å². The molecule has 0 atom stereocenters. The highest BCUT2D eigenvalue weighted by Crippen LogP contribution is 2.27. The molecule has 3 rings (SSSR count). The first-order chi connectivity index (χ1) is 12.6. The second-order valence-electron chi connectivity index (χ2n) is 6.85. The summed E-state index contributed by atoms with van der Waals surface area (Å²) in [4.78, 5) is 16.3. The van der Waals surface area contributed by atoms with Gasteiger partial charge in [-0.25, -0.2) is 0 Å². The highest BCUT2D eigenvalue weighted by molar-refractivity contribution is 5.76. The lowest BCUT2D eigenvalue weighted by molar-refractivity contribution is -0.133. The summed E-state index contributed by atoms with van der Waals surface area (Å²) in [6.45, 7) is 3.16. The molecule has 0 spiro atoms. The van der Waals surface area contributed by atoms with Gasteiger partial charge < -0.3 is 14.6 Å². The van der Waals surface area contributed by atoms with Crippen molar-refractivity contribution in [2.75, 3.05) is 33.3 Å². The first-order valence-electron chi connectivity index (χ1n) is 9.01. The van der Waals surface area contributed by atoms with Crippen LogP contribution in [0.3, 0.4) is 0 Å². The Balaban J connectivity index is 1.55. The number of hydrogen-bond donors (Lipinski definition) is 1. The lowest BCUT2D eigenvalue weighted by atomic mass is 9.96. The van der Waals surface area contributed by atoms with E-state index in [-0.39, 0.29) is 12.5 Å². The van der Waals surface area contributed by atoms with Crippen LogP contribution in [-0.4, -0.2) is 78.6 Å². The van der Waals surface area contributed by atoms with Gasteiger partial charge in [-0.05, 0) is 26.0 Å². The third-order valence-electron chi connectivity index (χ3n) is 4.96. The average molecular weight is 361 g/mol. The van der Waals surface area contributed by atoms with Gasteiger partial charge in [-0.2, -0.15) is 5.10 Å². The topological polar surface area (TPSA) is 92.3 Å². The Kier molecular flexibility index (Phi) is 6.00. The van der Waals surface area contributed by atoms with Gasteiger partial charge in [0, 0.05) is 45.0 Å². The molecule has 1 fully saturated rings. The van der Waals surface area contributed by atoms with E-state index in [1.54, 1.807) is 17.1 Å². The Bertz CT molecular complexity index is 705. The van der Waals surface area contributed by atoms with Gasteiger partial charge in [0.2, 0.25) is 5.91 Å². The van der Waals surface area contributed by atoms with Crippen LogP contribution in [0.4, 0.5) is 0 Å². The summed E-state index contributed by atoms with van der Waals surface area (Å²) in [6, 6.07) is 1.82. The Morgan fingerprint density at radius 3 is 2.77 bits per heavy atom. The van der Waals surface area contributed by atoms with Crippen molar-refractivity contribution < 1.29 is 9.90 Å². The minimum absolute atomic E-state index is 0.108. The van der Waals surface area contributed by atoms with Crippen molar-refractivity contribution in [3.05, 3.63) is 30.1 Å². The van der Waals surface area contributed by atoms with Gasteiger partial charge in [0.1, 0.15) is 18.2 Å². The van der Waals surface area contributed by atoms with Crippen molar-refractivity contribution in [2.45, 2.75) is 31.8 Å². The Labute approximate surface area is 153 Å². The molecule has 1 N–H and O–H groups in total.